The SMILES string of the molecule is COc1ccccc1-c1ncc(CN2CCC3(CC2)CC(=O)NCCO3)s1. The van der Waals surface area contributed by atoms with Crippen LogP contribution < -0.4 is 10.1 Å². The molecule has 3 heterocycles. The van der Waals surface area contributed by atoms with E-state index in [2.05, 4.69) is 15.2 Å². The van der Waals surface area contributed by atoms with Crippen LogP contribution in [-0.2, 0) is 16.1 Å². The van der Waals surface area contributed by atoms with Gasteiger partial charge in [-0.05, 0) is 25.0 Å². The lowest BCUT2D eigenvalue weighted by molar-refractivity contribution is -0.128. The minimum absolute atomic E-state index is 0.116. The Morgan fingerprint density at radius 2 is 2.15 bits per heavy atom. The number of hydrogen-bond acceptors (Lipinski definition) is 6. The highest BCUT2D eigenvalue weighted by Gasteiger charge is 2.38. The number of para-hydroxylation sites is 1. The van der Waals surface area contributed by atoms with E-state index >= 15 is 0 Å². The van der Waals surface area contributed by atoms with E-state index in [-0.39, 0.29) is 11.5 Å². The molecule has 0 unspecified atom stereocenters. The summed E-state index contributed by atoms with van der Waals surface area (Å²) in [4.78, 5) is 20.2. The summed E-state index contributed by atoms with van der Waals surface area (Å²) in [6, 6.07) is 7.98. The number of aromatic nitrogens is 1. The predicted molar refractivity (Wildman–Crippen MR) is 105 cm³/mol. The molecule has 144 valence electrons. The number of thiazole rings is 1. The average Bonchev–Trinajstić information content (AvgIpc) is 3.07. The number of nitrogens with one attached hydrogen (secondary N) is 1. The molecule has 1 aromatic carbocycles. The zero-order chi connectivity index (χ0) is 18.7. The van der Waals surface area contributed by atoms with Gasteiger partial charge in [0.15, 0.2) is 0 Å². The van der Waals surface area contributed by atoms with E-state index in [1.807, 2.05) is 30.5 Å². The zero-order valence-electron chi connectivity index (χ0n) is 15.6. The lowest BCUT2D eigenvalue weighted by atomic mass is 9.87. The molecule has 4 rings (SSSR count). The number of carbonyl (C=O) groups is 1. The number of benzene rings is 1. The van der Waals surface area contributed by atoms with Crippen molar-refractivity contribution in [2.75, 3.05) is 33.4 Å². The van der Waals surface area contributed by atoms with Crippen molar-refractivity contribution in [3.8, 4) is 16.3 Å². The Hall–Kier alpha value is -1.96. The Kier molecular flexibility index (Phi) is 5.43. The molecule has 0 aliphatic carbocycles. The third-order valence-electron chi connectivity index (χ3n) is 5.35. The zero-order valence-corrected chi connectivity index (χ0v) is 16.4. The fourth-order valence-corrected chi connectivity index (χ4v) is 4.84. The average molecular weight is 388 g/mol. The highest BCUT2D eigenvalue weighted by molar-refractivity contribution is 7.15. The maximum Gasteiger partial charge on any atom is 0.222 e. The summed E-state index contributed by atoms with van der Waals surface area (Å²) >= 11 is 1.71. The van der Waals surface area contributed by atoms with Crippen LogP contribution in [0.2, 0.25) is 0 Å². The van der Waals surface area contributed by atoms with Crippen LogP contribution >= 0.6 is 11.3 Å². The van der Waals surface area contributed by atoms with E-state index in [4.69, 9.17) is 9.47 Å². The Morgan fingerprint density at radius 1 is 1.33 bits per heavy atom. The van der Waals surface area contributed by atoms with Gasteiger partial charge in [0.1, 0.15) is 10.8 Å². The highest BCUT2D eigenvalue weighted by atomic mass is 32.1. The number of rotatable bonds is 4. The molecule has 1 N–H and O–H groups in total. The van der Waals surface area contributed by atoms with Gasteiger partial charge in [0.25, 0.3) is 0 Å². The van der Waals surface area contributed by atoms with Crippen molar-refractivity contribution in [1.82, 2.24) is 15.2 Å². The van der Waals surface area contributed by atoms with Gasteiger partial charge < -0.3 is 14.8 Å². The molecule has 2 aliphatic heterocycles. The second-order valence-electron chi connectivity index (χ2n) is 7.17. The van der Waals surface area contributed by atoms with E-state index in [0.29, 0.717) is 19.6 Å². The van der Waals surface area contributed by atoms with Crippen LogP contribution in [0, 0.1) is 0 Å². The number of piperidine rings is 1. The van der Waals surface area contributed by atoms with Crippen molar-refractivity contribution in [3.05, 3.63) is 35.3 Å². The highest BCUT2D eigenvalue weighted by Crippen LogP contribution is 2.35. The summed E-state index contributed by atoms with van der Waals surface area (Å²) < 4.78 is 11.5. The second-order valence-corrected chi connectivity index (χ2v) is 8.28. The molecule has 2 aromatic rings. The first kappa shape index (κ1) is 18.4. The molecule has 1 amide bonds. The van der Waals surface area contributed by atoms with Gasteiger partial charge in [0, 0.05) is 37.3 Å². The molecule has 6 nitrogen and oxygen atoms in total. The van der Waals surface area contributed by atoms with Crippen LogP contribution in [0.15, 0.2) is 30.5 Å². The molecule has 0 radical (unpaired) electrons. The summed E-state index contributed by atoms with van der Waals surface area (Å²) in [6.45, 7) is 4.00. The fourth-order valence-electron chi connectivity index (χ4n) is 3.85. The van der Waals surface area contributed by atoms with E-state index < -0.39 is 0 Å². The van der Waals surface area contributed by atoms with Crippen LogP contribution in [0.25, 0.3) is 10.6 Å². The Bertz CT molecular complexity index is 799. The van der Waals surface area contributed by atoms with E-state index in [1.54, 1.807) is 18.4 Å². The quantitative estimate of drug-likeness (QED) is 0.874. The first-order valence-corrected chi connectivity index (χ1v) is 10.2. The van der Waals surface area contributed by atoms with Gasteiger partial charge in [-0.2, -0.15) is 0 Å². The first-order valence-electron chi connectivity index (χ1n) is 9.39. The smallest absolute Gasteiger partial charge is 0.222 e. The molecular weight excluding hydrogens is 362 g/mol. The van der Waals surface area contributed by atoms with Gasteiger partial charge >= 0.3 is 0 Å². The van der Waals surface area contributed by atoms with E-state index in [0.717, 1.165) is 48.8 Å². The van der Waals surface area contributed by atoms with E-state index in [9.17, 15) is 4.79 Å². The molecule has 2 saturated heterocycles. The van der Waals surface area contributed by atoms with Gasteiger partial charge in [-0.15, -0.1) is 11.3 Å². The molecule has 1 spiro atoms. The van der Waals surface area contributed by atoms with Crippen LogP contribution in [-0.4, -0.2) is 54.7 Å². The first-order chi connectivity index (χ1) is 13.2. The topological polar surface area (TPSA) is 63.7 Å². The van der Waals surface area contributed by atoms with Crippen LogP contribution in [0.4, 0.5) is 0 Å². The summed E-state index contributed by atoms with van der Waals surface area (Å²) in [5.41, 5.74) is 0.764. The lowest BCUT2D eigenvalue weighted by Crippen LogP contribution is -2.46. The van der Waals surface area contributed by atoms with E-state index in [1.165, 1.54) is 4.88 Å². The second kappa shape index (κ2) is 7.96. The van der Waals surface area contributed by atoms with Gasteiger partial charge in [0.2, 0.25) is 5.91 Å². The molecule has 27 heavy (non-hydrogen) atoms. The minimum Gasteiger partial charge on any atom is -0.496 e. The van der Waals surface area contributed by atoms with Crippen LogP contribution in [0.3, 0.4) is 0 Å². The summed E-state index contributed by atoms with van der Waals surface area (Å²) in [7, 11) is 1.69. The van der Waals surface area contributed by atoms with Crippen molar-refractivity contribution in [3.63, 3.8) is 0 Å². The number of carbonyl (C=O) groups excluding carboxylic acids is 1. The third kappa shape index (κ3) is 4.15. The molecule has 0 atom stereocenters. The van der Waals surface area contributed by atoms with Gasteiger partial charge in [-0.3, -0.25) is 9.69 Å². The maximum atomic E-state index is 11.9. The number of methoxy groups -OCH3 is 1. The summed E-state index contributed by atoms with van der Waals surface area (Å²) in [6.07, 6.45) is 4.25. The Labute approximate surface area is 163 Å². The third-order valence-corrected chi connectivity index (χ3v) is 6.37. The largest absolute Gasteiger partial charge is 0.496 e. The molecule has 0 saturated carbocycles. The van der Waals surface area contributed by atoms with Gasteiger partial charge in [-0.25, -0.2) is 4.98 Å². The fraction of sp³-hybridized carbons (Fsp3) is 0.500. The normalized spacial score (nSPS) is 20.3. The number of nitrogens with zero attached hydrogens (tertiary/aromatic N) is 2. The number of likely N-dealkylation sites (tertiary alicyclic amines) is 1. The monoisotopic (exact) mass is 387 g/mol. The van der Waals surface area contributed by atoms with Crippen LogP contribution in [0.5, 0.6) is 5.75 Å². The molecule has 2 aliphatic rings. The predicted octanol–water partition coefficient (Wildman–Crippen LogP) is 2.69. The van der Waals surface area contributed by atoms with Crippen molar-refractivity contribution in [1.29, 1.82) is 0 Å². The van der Waals surface area contributed by atoms with Crippen molar-refractivity contribution in [2.45, 2.75) is 31.4 Å². The standard InChI is InChI=1S/C20H25N3O3S/c1-25-17-5-3-2-4-16(17)19-22-13-15(27-19)14-23-9-6-20(7-10-23)12-18(24)21-8-11-26-20/h2-5,13H,6-12,14H2,1H3,(H,21,24). The van der Waals surface area contributed by atoms with Gasteiger partial charge in [0.05, 0.1) is 31.3 Å². The van der Waals surface area contributed by atoms with Crippen LogP contribution in [0.1, 0.15) is 24.1 Å². The summed E-state index contributed by atoms with van der Waals surface area (Å²) in [5, 5.41) is 3.89. The lowest BCUT2D eigenvalue weighted by Gasteiger charge is -2.40. The molecule has 7 heteroatoms. The minimum atomic E-state index is -0.270. The Morgan fingerprint density at radius 3 is 2.96 bits per heavy atom. The Balaban J connectivity index is 1.39. The van der Waals surface area contributed by atoms with Gasteiger partial charge in [-0.1, -0.05) is 12.1 Å². The number of amides is 1. The molecule has 0 bridgehead atoms. The number of ether oxygens (including phenoxy) is 2. The van der Waals surface area contributed by atoms with Crippen molar-refractivity contribution in [2.24, 2.45) is 0 Å². The summed E-state index contributed by atoms with van der Waals surface area (Å²) in [5.74, 6) is 0.965. The molecule has 1 aromatic heterocycles. The maximum absolute atomic E-state index is 11.9. The molecular formula is C20H25N3O3S. The van der Waals surface area contributed by atoms with Crippen molar-refractivity contribution >= 4 is 17.2 Å². The molecule has 2 fully saturated rings. The number of hydrogen-bond donors (Lipinski definition) is 1. The van der Waals surface area contributed by atoms with Crippen molar-refractivity contribution < 1.29 is 14.3 Å².